The third kappa shape index (κ3) is 4.03. The Bertz CT molecular complexity index is 932. The van der Waals surface area contributed by atoms with Crippen LogP contribution >= 0.6 is 11.3 Å². The van der Waals surface area contributed by atoms with Crippen LogP contribution in [0.3, 0.4) is 0 Å². The summed E-state index contributed by atoms with van der Waals surface area (Å²) in [6.45, 7) is 2.14. The van der Waals surface area contributed by atoms with E-state index in [1.807, 2.05) is 36.6 Å². The maximum absolute atomic E-state index is 12.6. The third-order valence-corrected chi connectivity index (χ3v) is 6.41. The minimum Gasteiger partial charge on any atom is -0.459 e. The van der Waals surface area contributed by atoms with Crippen LogP contribution < -0.4 is 5.32 Å². The summed E-state index contributed by atoms with van der Waals surface area (Å²) >= 11 is 1.50. The molecule has 1 saturated heterocycles. The summed E-state index contributed by atoms with van der Waals surface area (Å²) in [5.41, 5.74) is 2.15. The number of rotatable bonds is 6. The van der Waals surface area contributed by atoms with Gasteiger partial charge in [-0.3, -0.25) is 14.5 Å². The van der Waals surface area contributed by atoms with E-state index in [2.05, 4.69) is 10.3 Å². The molecule has 29 heavy (non-hydrogen) atoms. The highest BCUT2D eigenvalue weighted by Crippen LogP contribution is 2.35. The van der Waals surface area contributed by atoms with Crippen molar-refractivity contribution in [1.29, 1.82) is 0 Å². The van der Waals surface area contributed by atoms with Gasteiger partial charge in [-0.15, -0.1) is 11.3 Å². The zero-order chi connectivity index (χ0) is 20.4. The molecule has 4 rings (SSSR count). The van der Waals surface area contributed by atoms with Crippen LogP contribution in [-0.4, -0.2) is 39.9 Å². The fourth-order valence-corrected chi connectivity index (χ4v) is 4.64. The Hall–Kier alpha value is -2.74. The minimum atomic E-state index is -0.742. The molecule has 0 unspecified atom stereocenters. The van der Waals surface area contributed by atoms with Crippen molar-refractivity contribution >= 4 is 29.2 Å². The Morgan fingerprint density at radius 2 is 1.97 bits per heavy atom. The topological polar surface area (TPSA) is 88.6 Å². The van der Waals surface area contributed by atoms with Gasteiger partial charge in [0, 0.05) is 17.5 Å². The van der Waals surface area contributed by atoms with E-state index in [1.165, 1.54) is 16.9 Å². The Kier molecular flexibility index (Phi) is 5.36. The van der Waals surface area contributed by atoms with Crippen molar-refractivity contribution in [3.63, 3.8) is 0 Å². The van der Waals surface area contributed by atoms with Crippen LogP contribution in [0.25, 0.3) is 10.6 Å². The molecule has 8 heteroatoms. The number of nitrogens with one attached hydrogen (secondary N) is 1. The summed E-state index contributed by atoms with van der Waals surface area (Å²) in [6, 6.07) is 7.68. The minimum absolute atomic E-state index is 0.0236. The van der Waals surface area contributed by atoms with Crippen molar-refractivity contribution < 1.29 is 19.1 Å². The van der Waals surface area contributed by atoms with Crippen molar-refractivity contribution in [2.75, 3.05) is 6.54 Å². The smallest absolute Gasteiger partial charge is 0.325 e. The molecule has 7 nitrogen and oxygen atoms in total. The van der Waals surface area contributed by atoms with E-state index < -0.39 is 17.5 Å². The van der Waals surface area contributed by atoms with Gasteiger partial charge in [-0.25, -0.2) is 9.78 Å². The molecule has 1 aliphatic heterocycles. The van der Waals surface area contributed by atoms with E-state index in [9.17, 15) is 14.4 Å². The molecule has 2 fully saturated rings. The highest BCUT2D eigenvalue weighted by Gasteiger charge is 2.52. The fraction of sp³-hybridized carbons (Fsp3) is 0.429. The molecule has 1 saturated carbocycles. The molecule has 1 aromatic carbocycles. The number of urea groups is 1. The maximum atomic E-state index is 12.6. The molecular weight excluding hydrogens is 390 g/mol. The van der Waals surface area contributed by atoms with Crippen molar-refractivity contribution in [2.45, 2.75) is 51.2 Å². The predicted molar refractivity (Wildman–Crippen MR) is 108 cm³/mol. The molecule has 2 aliphatic rings. The predicted octanol–water partition coefficient (Wildman–Crippen LogP) is 3.42. The van der Waals surface area contributed by atoms with E-state index in [0.29, 0.717) is 18.5 Å². The highest BCUT2D eigenvalue weighted by atomic mass is 32.1. The van der Waals surface area contributed by atoms with Crippen molar-refractivity contribution in [3.05, 3.63) is 40.9 Å². The normalized spacial score (nSPS) is 17.8. The number of carbonyl (C=O) groups excluding carboxylic acids is 3. The number of imide groups is 1. The van der Waals surface area contributed by atoms with Gasteiger partial charge >= 0.3 is 12.0 Å². The first-order valence-electron chi connectivity index (χ1n) is 9.78. The van der Waals surface area contributed by atoms with Crippen LogP contribution in [0.5, 0.6) is 0 Å². The van der Waals surface area contributed by atoms with Gasteiger partial charge in [-0.2, -0.15) is 0 Å². The van der Waals surface area contributed by atoms with Gasteiger partial charge in [0.15, 0.2) is 0 Å². The Balaban J connectivity index is 1.27. The first-order chi connectivity index (χ1) is 14.0. The first-order valence-corrected chi connectivity index (χ1v) is 10.7. The molecule has 2 aromatic rings. The van der Waals surface area contributed by atoms with Gasteiger partial charge in [0.05, 0.1) is 12.1 Å². The monoisotopic (exact) mass is 413 g/mol. The average Bonchev–Trinajstić information content (AvgIpc) is 3.41. The molecule has 0 bridgehead atoms. The SMILES string of the molecule is Cc1ccc(-c2nc(COC(=O)CCN3C(=O)NC4(CCCC4)C3=O)cs2)cc1. The molecule has 2 heterocycles. The number of hydrogen-bond acceptors (Lipinski definition) is 6. The summed E-state index contributed by atoms with van der Waals surface area (Å²) < 4.78 is 5.28. The largest absolute Gasteiger partial charge is 0.459 e. The quantitative estimate of drug-likeness (QED) is 0.579. The number of nitrogens with zero attached hydrogens (tertiary/aromatic N) is 2. The third-order valence-electron chi connectivity index (χ3n) is 5.47. The average molecular weight is 413 g/mol. The van der Waals surface area contributed by atoms with Gasteiger partial charge in [0.25, 0.3) is 5.91 Å². The zero-order valence-electron chi connectivity index (χ0n) is 16.3. The number of hydrogen-bond donors (Lipinski definition) is 1. The number of benzene rings is 1. The molecule has 0 atom stereocenters. The second kappa shape index (κ2) is 7.94. The van der Waals surface area contributed by atoms with Gasteiger partial charge in [0.2, 0.25) is 0 Å². The van der Waals surface area contributed by atoms with Crippen LogP contribution in [0.4, 0.5) is 4.79 Å². The summed E-state index contributed by atoms with van der Waals surface area (Å²) in [6.07, 6.45) is 3.18. The lowest BCUT2D eigenvalue weighted by atomic mass is 9.98. The van der Waals surface area contributed by atoms with Crippen LogP contribution in [-0.2, 0) is 20.9 Å². The number of amides is 3. The summed E-state index contributed by atoms with van der Waals surface area (Å²) in [4.78, 5) is 42.4. The molecule has 3 amide bonds. The van der Waals surface area contributed by atoms with Gasteiger partial charge in [-0.1, -0.05) is 42.7 Å². The van der Waals surface area contributed by atoms with E-state index in [1.54, 1.807) is 0 Å². The number of esters is 1. The highest BCUT2D eigenvalue weighted by molar-refractivity contribution is 7.13. The van der Waals surface area contributed by atoms with E-state index in [4.69, 9.17) is 4.74 Å². The molecule has 1 N–H and O–H groups in total. The Morgan fingerprint density at radius 3 is 2.69 bits per heavy atom. The van der Waals surface area contributed by atoms with Crippen molar-refractivity contribution in [2.24, 2.45) is 0 Å². The van der Waals surface area contributed by atoms with Crippen molar-refractivity contribution in [1.82, 2.24) is 15.2 Å². The number of thiazole rings is 1. The second-order valence-corrected chi connectivity index (χ2v) is 8.45. The zero-order valence-corrected chi connectivity index (χ0v) is 17.1. The second-order valence-electron chi connectivity index (χ2n) is 7.60. The first kappa shape index (κ1) is 19.6. The molecule has 0 radical (unpaired) electrons. The Morgan fingerprint density at radius 1 is 1.24 bits per heavy atom. The van der Waals surface area contributed by atoms with Crippen LogP contribution in [0.15, 0.2) is 29.6 Å². The van der Waals surface area contributed by atoms with Crippen molar-refractivity contribution in [3.8, 4) is 10.6 Å². The van der Waals surface area contributed by atoms with E-state index in [0.717, 1.165) is 28.3 Å². The van der Waals surface area contributed by atoms with Gasteiger partial charge < -0.3 is 10.1 Å². The molecular formula is C21H23N3O4S. The van der Waals surface area contributed by atoms with Crippen LogP contribution in [0.2, 0.25) is 0 Å². The number of aryl methyl sites for hydroxylation is 1. The summed E-state index contributed by atoms with van der Waals surface area (Å²) in [5, 5.41) is 5.55. The van der Waals surface area contributed by atoms with Gasteiger partial charge in [-0.05, 0) is 19.8 Å². The Labute approximate surface area is 173 Å². The van der Waals surface area contributed by atoms with E-state index >= 15 is 0 Å². The van der Waals surface area contributed by atoms with E-state index in [-0.39, 0.29) is 25.5 Å². The fourth-order valence-electron chi connectivity index (χ4n) is 3.83. The number of carbonyl (C=O) groups is 3. The molecule has 152 valence electrons. The standard InChI is InChI=1S/C21H23N3O4S/c1-14-4-6-15(7-5-14)18-22-16(13-29-18)12-28-17(25)8-11-24-19(26)21(23-20(24)27)9-2-3-10-21/h4-7,13H,2-3,8-12H2,1H3,(H,23,27). The number of aromatic nitrogens is 1. The van der Waals surface area contributed by atoms with Crippen LogP contribution in [0, 0.1) is 6.92 Å². The molecule has 1 spiro atoms. The lowest BCUT2D eigenvalue weighted by Gasteiger charge is -2.19. The lowest BCUT2D eigenvalue weighted by Crippen LogP contribution is -2.44. The molecule has 1 aliphatic carbocycles. The van der Waals surface area contributed by atoms with Gasteiger partial charge in [0.1, 0.15) is 17.2 Å². The summed E-state index contributed by atoms with van der Waals surface area (Å²) in [7, 11) is 0. The van der Waals surface area contributed by atoms with Crippen LogP contribution in [0.1, 0.15) is 43.4 Å². The summed E-state index contributed by atoms with van der Waals surface area (Å²) in [5.74, 6) is -0.669. The molecule has 1 aromatic heterocycles. The maximum Gasteiger partial charge on any atom is 0.325 e. The lowest BCUT2D eigenvalue weighted by molar-refractivity contribution is -0.145. The number of ether oxygens (including phenoxy) is 1.